The standard InChI is InChI=1S/C17H18N2O2/c1-10-5-4-6-11(9-10)16(20)14-12-7-2-3-8-13(12)19-17(21)15(14)18/h4-6,9H,2-3,7-8,18H2,1H3,(H,19,21). The summed E-state index contributed by atoms with van der Waals surface area (Å²) in [5, 5.41) is 0. The number of carbonyl (C=O) groups excluding carboxylic acids is 1. The minimum absolute atomic E-state index is 0.0437. The number of aromatic nitrogens is 1. The Morgan fingerprint density at radius 2 is 2.00 bits per heavy atom. The van der Waals surface area contributed by atoms with Crippen LogP contribution in [0.3, 0.4) is 0 Å². The molecule has 4 heteroatoms. The van der Waals surface area contributed by atoms with E-state index in [-0.39, 0.29) is 17.0 Å². The highest BCUT2D eigenvalue weighted by Gasteiger charge is 2.24. The van der Waals surface area contributed by atoms with Gasteiger partial charge in [-0.2, -0.15) is 0 Å². The van der Waals surface area contributed by atoms with Crippen molar-refractivity contribution in [3.8, 4) is 0 Å². The summed E-state index contributed by atoms with van der Waals surface area (Å²) in [6.07, 6.45) is 3.65. The van der Waals surface area contributed by atoms with Crippen molar-refractivity contribution in [3.05, 3.63) is 62.6 Å². The van der Waals surface area contributed by atoms with Gasteiger partial charge in [0.1, 0.15) is 5.69 Å². The highest BCUT2D eigenvalue weighted by Crippen LogP contribution is 2.27. The number of aryl methyl sites for hydroxylation is 2. The molecular weight excluding hydrogens is 264 g/mol. The van der Waals surface area contributed by atoms with E-state index in [4.69, 9.17) is 5.73 Å². The minimum Gasteiger partial charge on any atom is -0.394 e. The van der Waals surface area contributed by atoms with Crippen molar-refractivity contribution in [3.63, 3.8) is 0 Å². The van der Waals surface area contributed by atoms with E-state index in [0.717, 1.165) is 42.5 Å². The van der Waals surface area contributed by atoms with Crippen molar-refractivity contribution in [2.45, 2.75) is 32.6 Å². The number of rotatable bonds is 2. The van der Waals surface area contributed by atoms with Crippen molar-refractivity contribution in [1.82, 2.24) is 4.98 Å². The lowest BCUT2D eigenvalue weighted by molar-refractivity contribution is 0.103. The van der Waals surface area contributed by atoms with E-state index in [9.17, 15) is 9.59 Å². The van der Waals surface area contributed by atoms with Gasteiger partial charge in [0.2, 0.25) is 0 Å². The third-order valence-electron chi connectivity index (χ3n) is 4.06. The van der Waals surface area contributed by atoms with E-state index in [0.29, 0.717) is 11.1 Å². The van der Waals surface area contributed by atoms with Gasteiger partial charge in [0, 0.05) is 11.3 Å². The Labute approximate surface area is 123 Å². The van der Waals surface area contributed by atoms with Crippen LogP contribution in [0.5, 0.6) is 0 Å². The zero-order valence-electron chi connectivity index (χ0n) is 12.0. The van der Waals surface area contributed by atoms with Crippen molar-refractivity contribution in [1.29, 1.82) is 0 Å². The molecule has 0 atom stereocenters. The number of nitrogens with two attached hydrogens (primary N) is 1. The zero-order valence-corrected chi connectivity index (χ0v) is 12.0. The van der Waals surface area contributed by atoms with Crippen LogP contribution in [0.1, 0.15) is 45.6 Å². The third-order valence-corrected chi connectivity index (χ3v) is 4.06. The second-order valence-electron chi connectivity index (χ2n) is 5.61. The number of H-pyrrole nitrogens is 1. The average molecular weight is 282 g/mol. The molecule has 0 radical (unpaired) electrons. The van der Waals surface area contributed by atoms with E-state index < -0.39 is 0 Å². The number of carbonyl (C=O) groups is 1. The van der Waals surface area contributed by atoms with E-state index in [1.165, 1.54) is 0 Å². The van der Waals surface area contributed by atoms with E-state index in [2.05, 4.69) is 4.98 Å². The SMILES string of the molecule is Cc1cccc(C(=O)c2c3c([nH]c(=O)c2N)CCCC3)c1. The van der Waals surface area contributed by atoms with Crippen LogP contribution in [-0.4, -0.2) is 10.8 Å². The molecule has 0 saturated carbocycles. The highest BCUT2D eigenvalue weighted by atomic mass is 16.1. The summed E-state index contributed by atoms with van der Waals surface area (Å²) in [5.74, 6) is -0.152. The van der Waals surface area contributed by atoms with Crippen LogP contribution in [0, 0.1) is 6.92 Å². The smallest absolute Gasteiger partial charge is 0.272 e. The number of aromatic amines is 1. The summed E-state index contributed by atoms with van der Waals surface area (Å²) in [4.78, 5) is 27.6. The van der Waals surface area contributed by atoms with Gasteiger partial charge in [-0.25, -0.2) is 0 Å². The average Bonchev–Trinajstić information content (AvgIpc) is 2.48. The van der Waals surface area contributed by atoms with Gasteiger partial charge >= 0.3 is 0 Å². The first kappa shape index (κ1) is 13.6. The first-order valence-electron chi connectivity index (χ1n) is 7.23. The molecule has 1 aliphatic carbocycles. The second-order valence-corrected chi connectivity index (χ2v) is 5.61. The fourth-order valence-corrected chi connectivity index (χ4v) is 2.99. The number of anilines is 1. The number of benzene rings is 1. The van der Waals surface area contributed by atoms with Crippen molar-refractivity contribution < 1.29 is 4.79 Å². The molecule has 0 fully saturated rings. The van der Waals surface area contributed by atoms with Crippen LogP contribution in [-0.2, 0) is 12.8 Å². The number of ketones is 1. The molecule has 4 nitrogen and oxygen atoms in total. The van der Waals surface area contributed by atoms with Gasteiger partial charge in [0.25, 0.3) is 5.56 Å². The summed E-state index contributed by atoms with van der Waals surface area (Å²) < 4.78 is 0. The van der Waals surface area contributed by atoms with Gasteiger partial charge in [0.05, 0.1) is 5.56 Å². The molecule has 3 rings (SSSR count). The van der Waals surface area contributed by atoms with E-state index in [1.807, 2.05) is 25.1 Å². The Kier molecular flexibility index (Phi) is 3.37. The summed E-state index contributed by atoms with van der Waals surface area (Å²) in [5.41, 5.74) is 9.40. The first-order chi connectivity index (χ1) is 10.1. The normalized spacial score (nSPS) is 13.8. The maximum atomic E-state index is 12.8. The van der Waals surface area contributed by atoms with Crippen LogP contribution in [0.4, 0.5) is 5.69 Å². The highest BCUT2D eigenvalue weighted by molar-refractivity contribution is 6.13. The maximum absolute atomic E-state index is 12.8. The lowest BCUT2D eigenvalue weighted by atomic mass is 9.88. The molecule has 3 N–H and O–H groups in total. The molecule has 1 heterocycles. The fourth-order valence-electron chi connectivity index (χ4n) is 2.99. The lowest BCUT2D eigenvalue weighted by Crippen LogP contribution is -2.24. The monoisotopic (exact) mass is 282 g/mol. The van der Waals surface area contributed by atoms with Crippen LogP contribution < -0.4 is 11.3 Å². The number of hydrogen-bond acceptors (Lipinski definition) is 3. The molecule has 1 aromatic heterocycles. The molecule has 0 unspecified atom stereocenters. The Bertz CT molecular complexity index is 775. The molecule has 0 bridgehead atoms. The van der Waals surface area contributed by atoms with E-state index >= 15 is 0 Å². The van der Waals surface area contributed by atoms with Gasteiger partial charge < -0.3 is 10.7 Å². The molecule has 2 aromatic rings. The van der Waals surface area contributed by atoms with Gasteiger partial charge in [0.15, 0.2) is 5.78 Å². The number of hydrogen-bond donors (Lipinski definition) is 2. The van der Waals surface area contributed by atoms with Crippen LogP contribution >= 0.6 is 0 Å². The Hall–Kier alpha value is -2.36. The van der Waals surface area contributed by atoms with Gasteiger partial charge in [-0.15, -0.1) is 0 Å². The Balaban J connectivity index is 2.20. The van der Waals surface area contributed by atoms with Gasteiger partial charge in [-0.05, 0) is 44.2 Å². The fraction of sp³-hybridized carbons (Fsp3) is 0.294. The van der Waals surface area contributed by atoms with Crippen molar-refractivity contribution in [2.24, 2.45) is 0 Å². The van der Waals surface area contributed by atoms with Crippen LogP contribution in [0.15, 0.2) is 29.1 Å². The van der Waals surface area contributed by atoms with Crippen LogP contribution in [0.25, 0.3) is 0 Å². The number of nitrogens with one attached hydrogen (secondary N) is 1. The van der Waals surface area contributed by atoms with Crippen molar-refractivity contribution >= 4 is 11.5 Å². The first-order valence-corrected chi connectivity index (χ1v) is 7.23. The topological polar surface area (TPSA) is 76.0 Å². The summed E-state index contributed by atoms with van der Waals surface area (Å²) in [7, 11) is 0. The van der Waals surface area contributed by atoms with Crippen LogP contribution in [0.2, 0.25) is 0 Å². The summed E-state index contributed by atoms with van der Waals surface area (Å²) in [6.45, 7) is 1.94. The number of nitrogen functional groups attached to an aromatic ring is 1. The summed E-state index contributed by atoms with van der Waals surface area (Å²) in [6, 6.07) is 7.38. The molecule has 1 aliphatic rings. The lowest BCUT2D eigenvalue weighted by Gasteiger charge is -2.19. The largest absolute Gasteiger partial charge is 0.394 e. The maximum Gasteiger partial charge on any atom is 0.272 e. The third kappa shape index (κ3) is 2.37. The second kappa shape index (κ2) is 5.20. The Morgan fingerprint density at radius 1 is 1.24 bits per heavy atom. The quantitative estimate of drug-likeness (QED) is 0.830. The Morgan fingerprint density at radius 3 is 2.76 bits per heavy atom. The number of fused-ring (bicyclic) bond motifs is 1. The molecule has 0 saturated heterocycles. The predicted octanol–water partition coefficient (Wildman–Crippen LogP) is 2.38. The molecule has 0 amide bonds. The summed E-state index contributed by atoms with van der Waals surface area (Å²) >= 11 is 0. The zero-order chi connectivity index (χ0) is 15.0. The molecule has 0 spiro atoms. The molecule has 0 aliphatic heterocycles. The molecule has 108 valence electrons. The van der Waals surface area contributed by atoms with E-state index in [1.54, 1.807) is 6.07 Å². The number of pyridine rings is 1. The molecule has 1 aromatic carbocycles. The minimum atomic E-state index is -0.355. The predicted molar refractivity (Wildman–Crippen MR) is 82.7 cm³/mol. The molecule has 21 heavy (non-hydrogen) atoms. The molecular formula is C17H18N2O2. The van der Waals surface area contributed by atoms with Gasteiger partial charge in [-0.1, -0.05) is 23.8 Å². The van der Waals surface area contributed by atoms with Crippen molar-refractivity contribution in [2.75, 3.05) is 5.73 Å². The van der Waals surface area contributed by atoms with Gasteiger partial charge in [-0.3, -0.25) is 9.59 Å².